The van der Waals surface area contributed by atoms with E-state index >= 15 is 0 Å². The van der Waals surface area contributed by atoms with Crippen LogP contribution in [0.3, 0.4) is 0 Å². The molecule has 1 heteroatoms. The second kappa shape index (κ2) is 3.25. The first-order chi connectivity index (χ1) is 4.79. The summed E-state index contributed by atoms with van der Waals surface area (Å²) in [5, 5.41) is 0. The fraction of sp³-hybridized carbons (Fsp3) is 0.333. The average molecular weight is 135 g/mol. The maximum Gasteiger partial charge on any atom is 0.00557 e. The van der Waals surface area contributed by atoms with Crippen LogP contribution >= 0.6 is 0 Å². The minimum Gasteiger partial charge on any atom is -0.383 e. The number of allylic oxidation sites excluding steroid dienone is 5. The third kappa shape index (κ3) is 2.09. The number of hydrogen-bond donors (Lipinski definition) is 0. The Balaban J connectivity index is 2.58. The van der Waals surface area contributed by atoms with Gasteiger partial charge in [0.25, 0.3) is 0 Å². The lowest BCUT2D eigenvalue weighted by Crippen LogP contribution is -2.02. The largest absolute Gasteiger partial charge is 0.383 e. The Morgan fingerprint density at radius 1 is 1.40 bits per heavy atom. The predicted molar refractivity (Wildman–Crippen MR) is 44.7 cm³/mol. The highest BCUT2D eigenvalue weighted by Gasteiger charge is 1.92. The van der Waals surface area contributed by atoms with Gasteiger partial charge >= 0.3 is 0 Å². The molecule has 0 atom stereocenters. The molecule has 0 amide bonds. The standard InChI is InChI=1S/C9H13N/c1-10(2)8-9-6-4-3-5-7-9/h3-6,8H,7H2,1-2H3/b9-8-. The van der Waals surface area contributed by atoms with Crippen LogP contribution in [-0.4, -0.2) is 19.0 Å². The molecule has 0 radical (unpaired) electrons. The molecule has 0 aromatic rings. The van der Waals surface area contributed by atoms with Gasteiger partial charge in [-0.05, 0) is 12.0 Å². The Morgan fingerprint density at radius 3 is 2.70 bits per heavy atom. The van der Waals surface area contributed by atoms with E-state index in [1.165, 1.54) is 5.57 Å². The van der Waals surface area contributed by atoms with Crippen LogP contribution in [0.1, 0.15) is 6.42 Å². The summed E-state index contributed by atoms with van der Waals surface area (Å²) >= 11 is 0. The summed E-state index contributed by atoms with van der Waals surface area (Å²) in [7, 11) is 4.08. The van der Waals surface area contributed by atoms with E-state index in [1.54, 1.807) is 0 Å². The van der Waals surface area contributed by atoms with Gasteiger partial charge < -0.3 is 4.90 Å². The normalized spacial score (nSPS) is 20.0. The molecule has 0 aromatic heterocycles. The minimum atomic E-state index is 1.06. The molecule has 0 fully saturated rings. The Bertz CT molecular complexity index is 185. The molecule has 1 aliphatic carbocycles. The van der Waals surface area contributed by atoms with Gasteiger partial charge in [0.05, 0.1) is 0 Å². The zero-order valence-electron chi connectivity index (χ0n) is 6.54. The number of rotatable bonds is 1. The van der Waals surface area contributed by atoms with Gasteiger partial charge in [-0.3, -0.25) is 0 Å². The second-order valence-corrected chi connectivity index (χ2v) is 2.66. The summed E-state index contributed by atoms with van der Waals surface area (Å²) in [6, 6.07) is 0. The van der Waals surface area contributed by atoms with Crippen molar-refractivity contribution < 1.29 is 0 Å². The van der Waals surface area contributed by atoms with Crippen molar-refractivity contribution in [2.75, 3.05) is 14.1 Å². The maximum absolute atomic E-state index is 2.16. The third-order valence-corrected chi connectivity index (χ3v) is 1.34. The monoisotopic (exact) mass is 135 g/mol. The third-order valence-electron chi connectivity index (χ3n) is 1.34. The van der Waals surface area contributed by atoms with Crippen LogP contribution in [0.4, 0.5) is 0 Å². The molecule has 0 unspecified atom stereocenters. The van der Waals surface area contributed by atoms with Gasteiger partial charge in [-0.1, -0.05) is 24.3 Å². The molecule has 1 rings (SSSR count). The molecule has 0 heterocycles. The van der Waals surface area contributed by atoms with Gasteiger partial charge in [0.15, 0.2) is 0 Å². The van der Waals surface area contributed by atoms with Gasteiger partial charge in [-0.25, -0.2) is 0 Å². The molecule has 0 spiro atoms. The van der Waals surface area contributed by atoms with Crippen molar-refractivity contribution in [2.24, 2.45) is 0 Å². The SMILES string of the molecule is CN(C)/C=C1/C=CC=CC1. The molecule has 0 aliphatic heterocycles. The lowest BCUT2D eigenvalue weighted by molar-refractivity contribution is 0.558. The van der Waals surface area contributed by atoms with Crippen molar-refractivity contribution in [1.29, 1.82) is 0 Å². The van der Waals surface area contributed by atoms with Crippen LogP contribution < -0.4 is 0 Å². The molecule has 0 saturated carbocycles. The molecule has 10 heavy (non-hydrogen) atoms. The van der Waals surface area contributed by atoms with E-state index in [2.05, 4.69) is 35.4 Å². The molecule has 0 saturated heterocycles. The zero-order valence-corrected chi connectivity index (χ0v) is 6.54. The van der Waals surface area contributed by atoms with E-state index in [-0.39, 0.29) is 0 Å². The highest BCUT2D eigenvalue weighted by Crippen LogP contribution is 2.09. The predicted octanol–water partition coefficient (Wildman–Crippen LogP) is 1.95. The van der Waals surface area contributed by atoms with Crippen molar-refractivity contribution >= 4 is 0 Å². The average Bonchev–Trinajstić information content (AvgIpc) is 1.88. The van der Waals surface area contributed by atoms with E-state index < -0.39 is 0 Å². The van der Waals surface area contributed by atoms with E-state index in [0.717, 1.165) is 6.42 Å². The lowest BCUT2D eigenvalue weighted by atomic mass is 10.1. The fourth-order valence-corrected chi connectivity index (χ4v) is 0.957. The van der Waals surface area contributed by atoms with Crippen LogP contribution in [0.2, 0.25) is 0 Å². The Labute approximate surface area is 62.3 Å². The summed E-state index contributed by atoms with van der Waals surface area (Å²) in [5.74, 6) is 0. The maximum atomic E-state index is 2.16. The van der Waals surface area contributed by atoms with Crippen molar-refractivity contribution in [1.82, 2.24) is 4.90 Å². The molecular weight excluding hydrogens is 122 g/mol. The molecule has 1 nitrogen and oxygen atoms in total. The highest BCUT2D eigenvalue weighted by atomic mass is 15.0. The summed E-state index contributed by atoms with van der Waals surface area (Å²) < 4.78 is 0. The van der Waals surface area contributed by atoms with Crippen LogP contribution in [0.25, 0.3) is 0 Å². The molecule has 0 aromatic carbocycles. The van der Waals surface area contributed by atoms with Crippen molar-refractivity contribution in [2.45, 2.75) is 6.42 Å². The minimum absolute atomic E-state index is 1.06. The second-order valence-electron chi connectivity index (χ2n) is 2.66. The number of nitrogens with zero attached hydrogens (tertiary/aromatic N) is 1. The van der Waals surface area contributed by atoms with Crippen molar-refractivity contribution in [3.05, 3.63) is 36.1 Å². The lowest BCUT2D eigenvalue weighted by Gasteiger charge is -2.08. The first-order valence-corrected chi connectivity index (χ1v) is 3.49. The van der Waals surface area contributed by atoms with Crippen molar-refractivity contribution in [3.8, 4) is 0 Å². The molecule has 0 bridgehead atoms. The van der Waals surface area contributed by atoms with E-state index in [9.17, 15) is 0 Å². The molecule has 54 valence electrons. The van der Waals surface area contributed by atoms with Gasteiger partial charge in [-0.15, -0.1) is 0 Å². The van der Waals surface area contributed by atoms with Gasteiger partial charge in [0, 0.05) is 20.3 Å². The summed E-state index contributed by atoms with van der Waals surface area (Å²) in [6.45, 7) is 0. The van der Waals surface area contributed by atoms with Crippen molar-refractivity contribution in [3.63, 3.8) is 0 Å². The van der Waals surface area contributed by atoms with Gasteiger partial charge in [-0.2, -0.15) is 0 Å². The summed E-state index contributed by atoms with van der Waals surface area (Å²) in [6.07, 6.45) is 11.6. The first kappa shape index (κ1) is 7.13. The van der Waals surface area contributed by atoms with E-state index in [1.807, 2.05) is 14.1 Å². The van der Waals surface area contributed by atoms with Crippen LogP contribution in [-0.2, 0) is 0 Å². The Kier molecular flexibility index (Phi) is 2.32. The van der Waals surface area contributed by atoms with Gasteiger partial charge in [0.1, 0.15) is 0 Å². The van der Waals surface area contributed by atoms with E-state index in [0.29, 0.717) is 0 Å². The molecule has 0 N–H and O–H groups in total. The highest BCUT2D eigenvalue weighted by molar-refractivity contribution is 5.28. The summed E-state index contributed by atoms with van der Waals surface area (Å²) in [5.41, 5.74) is 1.37. The topological polar surface area (TPSA) is 3.24 Å². The molecule has 1 aliphatic rings. The van der Waals surface area contributed by atoms with Crippen LogP contribution in [0.15, 0.2) is 36.1 Å². The quantitative estimate of drug-likeness (QED) is 0.531. The van der Waals surface area contributed by atoms with Crippen LogP contribution in [0, 0.1) is 0 Å². The first-order valence-electron chi connectivity index (χ1n) is 3.49. The summed E-state index contributed by atoms with van der Waals surface area (Å²) in [4.78, 5) is 2.07. The number of hydrogen-bond acceptors (Lipinski definition) is 1. The van der Waals surface area contributed by atoms with Gasteiger partial charge in [0.2, 0.25) is 0 Å². The zero-order chi connectivity index (χ0) is 7.40. The fourth-order valence-electron chi connectivity index (χ4n) is 0.957. The smallest absolute Gasteiger partial charge is 0.00557 e. The van der Waals surface area contributed by atoms with Crippen LogP contribution in [0.5, 0.6) is 0 Å². The van der Waals surface area contributed by atoms with E-state index in [4.69, 9.17) is 0 Å². The Hall–Kier alpha value is -0.980. The molecular formula is C9H13N. The Morgan fingerprint density at radius 2 is 2.20 bits per heavy atom.